The molecule has 1 atom stereocenters. The highest BCUT2D eigenvalue weighted by Crippen LogP contribution is 2.31. The summed E-state index contributed by atoms with van der Waals surface area (Å²) in [6.45, 7) is 2.57. The third kappa shape index (κ3) is 2.67. The lowest BCUT2D eigenvalue weighted by molar-refractivity contribution is -0.117. The number of rotatable bonds is 3. The molecule has 120 valence electrons. The van der Waals surface area contributed by atoms with Crippen LogP contribution in [-0.4, -0.2) is 27.6 Å². The van der Waals surface area contributed by atoms with E-state index in [9.17, 15) is 4.79 Å². The first kappa shape index (κ1) is 14.6. The van der Waals surface area contributed by atoms with Crippen molar-refractivity contribution in [2.75, 3.05) is 11.4 Å². The van der Waals surface area contributed by atoms with Crippen molar-refractivity contribution in [3.05, 3.63) is 60.0 Å². The molecular weight excluding hydrogens is 304 g/mol. The second kappa shape index (κ2) is 5.88. The largest absolute Gasteiger partial charge is 0.332 e. The van der Waals surface area contributed by atoms with Gasteiger partial charge in [-0.1, -0.05) is 23.4 Å². The van der Waals surface area contributed by atoms with E-state index in [-0.39, 0.29) is 11.8 Å². The van der Waals surface area contributed by atoms with Gasteiger partial charge in [0.2, 0.25) is 5.91 Å². The van der Waals surface area contributed by atoms with Crippen LogP contribution in [0.2, 0.25) is 0 Å². The summed E-state index contributed by atoms with van der Waals surface area (Å²) in [4.78, 5) is 22.8. The SMILES string of the molecule is Cc1cccc(N2CC(c3noc(-c4ccccn4)n3)CC2=O)c1. The molecule has 3 aromatic rings. The third-order valence-electron chi connectivity index (χ3n) is 4.13. The van der Waals surface area contributed by atoms with Crippen LogP contribution < -0.4 is 4.90 Å². The minimum absolute atomic E-state index is 0.0702. The molecule has 0 N–H and O–H groups in total. The maximum absolute atomic E-state index is 12.4. The van der Waals surface area contributed by atoms with Gasteiger partial charge in [-0.15, -0.1) is 0 Å². The van der Waals surface area contributed by atoms with E-state index in [1.807, 2.05) is 49.4 Å². The van der Waals surface area contributed by atoms with Crippen LogP contribution in [0, 0.1) is 6.92 Å². The van der Waals surface area contributed by atoms with Crippen LogP contribution in [0.15, 0.2) is 53.2 Å². The number of hydrogen-bond donors (Lipinski definition) is 0. The Kier molecular flexibility index (Phi) is 3.57. The fraction of sp³-hybridized carbons (Fsp3) is 0.222. The molecule has 1 amide bonds. The van der Waals surface area contributed by atoms with Crippen LogP contribution in [0.25, 0.3) is 11.6 Å². The quantitative estimate of drug-likeness (QED) is 0.742. The van der Waals surface area contributed by atoms with Gasteiger partial charge < -0.3 is 9.42 Å². The smallest absolute Gasteiger partial charge is 0.276 e. The number of aromatic nitrogens is 3. The van der Waals surface area contributed by atoms with Crippen LogP contribution in [0.4, 0.5) is 5.69 Å². The molecule has 0 saturated carbocycles. The second-order valence-corrected chi connectivity index (χ2v) is 5.92. The lowest BCUT2D eigenvalue weighted by Gasteiger charge is -2.16. The van der Waals surface area contributed by atoms with Crippen molar-refractivity contribution in [1.29, 1.82) is 0 Å². The van der Waals surface area contributed by atoms with Crippen molar-refractivity contribution in [3.63, 3.8) is 0 Å². The molecule has 6 nitrogen and oxygen atoms in total. The maximum atomic E-state index is 12.4. The number of benzene rings is 1. The highest BCUT2D eigenvalue weighted by molar-refractivity contribution is 5.96. The van der Waals surface area contributed by atoms with E-state index in [0.29, 0.717) is 30.4 Å². The molecule has 6 heteroatoms. The van der Waals surface area contributed by atoms with Crippen molar-refractivity contribution in [3.8, 4) is 11.6 Å². The van der Waals surface area contributed by atoms with E-state index in [4.69, 9.17) is 4.52 Å². The van der Waals surface area contributed by atoms with Crippen molar-refractivity contribution in [2.45, 2.75) is 19.3 Å². The van der Waals surface area contributed by atoms with Gasteiger partial charge in [0.25, 0.3) is 5.89 Å². The molecule has 0 radical (unpaired) electrons. The van der Waals surface area contributed by atoms with Crippen LogP contribution in [0.5, 0.6) is 0 Å². The Morgan fingerprint density at radius 1 is 1.21 bits per heavy atom. The van der Waals surface area contributed by atoms with Crippen molar-refractivity contribution < 1.29 is 9.32 Å². The number of aryl methyl sites for hydroxylation is 1. The van der Waals surface area contributed by atoms with E-state index in [1.54, 1.807) is 11.1 Å². The summed E-state index contributed by atoms with van der Waals surface area (Å²) in [7, 11) is 0. The van der Waals surface area contributed by atoms with Gasteiger partial charge in [0.05, 0.1) is 0 Å². The minimum atomic E-state index is -0.0702. The number of nitrogens with zero attached hydrogens (tertiary/aromatic N) is 4. The van der Waals surface area contributed by atoms with Gasteiger partial charge in [-0.3, -0.25) is 9.78 Å². The number of pyridine rings is 1. The molecule has 1 saturated heterocycles. The second-order valence-electron chi connectivity index (χ2n) is 5.92. The molecule has 4 rings (SSSR count). The zero-order chi connectivity index (χ0) is 16.5. The Labute approximate surface area is 139 Å². The molecule has 24 heavy (non-hydrogen) atoms. The number of anilines is 1. The normalized spacial score (nSPS) is 17.5. The molecule has 2 aromatic heterocycles. The van der Waals surface area contributed by atoms with Crippen molar-refractivity contribution in [1.82, 2.24) is 15.1 Å². The first-order valence-electron chi connectivity index (χ1n) is 7.83. The molecule has 0 aliphatic carbocycles. The lowest BCUT2D eigenvalue weighted by Crippen LogP contribution is -2.24. The molecule has 3 heterocycles. The zero-order valence-corrected chi connectivity index (χ0v) is 13.2. The van der Waals surface area contributed by atoms with Crippen LogP contribution in [0.1, 0.15) is 23.7 Å². The summed E-state index contributed by atoms with van der Waals surface area (Å²) in [5.41, 5.74) is 2.67. The fourth-order valence-electron chi connectivity index (χ4n) is 2.92. The number of amides is 1. The summed E-state index contributed by atoms with van der Waals surface area (Å²) >= 11 is 0. The predicted octanol–water partition coefficient (Wildman–Crippen LogP) is 2.96. The van der Waals surface area contributed by atoms with E-state index < -0.39 is 0 Å². The maximum Gasteiger partial charge on any atom is 0.276 e. The molecule has 1 aliphatic heterocycles. The molecular formula is C18H16N4O2. The van der Waals surface area contributed by atoms with E-state index in [1.165, 1.54) is 0 Å². The highest BCUT2D eigenvalue weighted by Gasteiger charge is 2.34. The third-order valence-corrected chi connectivity index (χ3v) is 4.13. The average molecular weight is 320 g/mol. The minimum Gasteiger partial charge on any atom is -0.332 e. The van der Waals surface area contributed by atoms with E-state index in [0.717, 1.165) is 11.3 Å². The summed E-state index contributed by atoms with van der Waals surface area (Å²) in [5.74, 6) is 0.945. The Morgan fingerprint density at radius 2 is 2.12 bits per heavy atom. The van der Waals surface area contributed by atoms with Crippen LogP contribution in [-0.2, 0) is 4.79 Å². The van der Waals surface area contributed by atoms with Crippen LogP contribution in [0.3, 0.4) is 0 Å². The monoisotopic (exact) mass is 320 g/mol. The molecule has 0 bridgehead atoms. The summed E-state index contributed by atoms with van der Waals surface area (Å²) in [6.07, 6.45) is 2.06. The molecule has 1 unspecified atom stereocenters. The van der Waals surface area contributed by atoms with Crippen molar-refractivity contribution in [2.24, 2.45) is 0 Å². The predicted molar refractivity (Wildman–Crippen MR) is 88.4 cm³/mol. The number of carbonyl (C=O) groups is 1. The zero-order valence-electron chi connectivity index (χ0n) is 13.2. The Morgan fingerprint density at radius 3 is 2.92 bits per heavy atom. The van der Waals surface area contributed by atoms with Crippen LogP contribution >= 0.6 is 0 Å². The first-order valence-corrected chi connectivity index (χ1v) is 7.83. The summed E-state index contributed by atoms with van der Waals surface area (Å²) in [5, 5.41) is 4.05. The fourth-order valence-corrected chi connectivity index (χ4v) is 2.92. The molecule has 1 aromatic carbocycles. The van der Waals surface area contributed by atoms with Crippen molar-refractivity contribution >= 4 is 11.6 Å². The van der Waals surface area contributed by atoms with Gasteiger partial charge in [0.15, 0.2) is 5.82 Å². The van der Waals surface area contributed by atoms with Gasteiger partial charge in [-0.25, -0.2) is 0 Å². The Bertz CT molecular complexity index is 875. The van der Waals surface area contributed by atoms with E-state index >= 15 is 0 Å². The van der Waals surface area contributed by atoms with E-state index in [2.05, 4.69) is 15.1 Å². The standard InChI is InChI=1S/C18H16N4O2/c1-12-5-4-6-14(9-12)22-11-13(10-16(22)23)17-20-18(24-21-17)15-7-2-3-8-19-15/h2-9,13H,10-11H2,1H3. The molecule has 0 spiro atoms. The van der Waals surface area contributed by atoms with Gasteiger partial charge in [-0.05, 0) is 36.8 Å². The number of carbonyl (C=O) groups excluding carboxylic acids is 1. The van der Waals surface area contributed by atoms with Gasteiger partial charge >= 0.3 is 0 Å². The Balaban J connectivity index is 1.56. The summed E-state index contributed by atoms with van der Waals surface area (Å²) in [6, 6.07) is 13.4. The average Bonchev–Trinajstić information content (AvgIpc) is 3.22. The highest BCUT2D eigenvalue weighted by atomic mass is 16.5. The topological polar surface area (TPSA) is 72.1 Å². The Hall–Kier alpha value is -3.02. The number of hydrogen-bond acceptors (Lipinski definition) is 5. The van der Waals surface area contributed by atoms with Gasteiger partial charge in [0.1, 0.15) is 5.69 Å². The summed E-state index contributed by atoms with van der Waals surface area (Å²) < 4.78 is 5.30. The first-order chi connectivity index (χ1) is 11.7. The lowest BCUT2D eigenvalue weighted by atomic mass is 10.1. The molecule has 1 aliphatic rings. The van der Waals surface area contributed by atoms with Gasteiger partial charge in [-0.2, -0.15) is 4.98 Å². The van der Waals surface area contributed by atoms with Gasteiger partial charge in [0, 0.05) is 30.8 Å². The molecule has 1 fully saturated rings.